The van der Waals surface area contributed by atoms with E-state index in [2.05, 4.69) is 45.6 Å². The number of rotatable bonds is 16. The van der Waals surface area contributed by atoms with Crippen molar-refractivity contribution in [1.29, 1.82) is 5.26 Å². The molecule has 14 nitrogen and oxygen atoms in total. The predicted octanol–water partition coefficient (Wildman–Crippen LogP) is 3.55. The van der Waals surface area contributed by atoms with E-state index < -0.39 is 29.5 Å². The summed E-state index contributed by atoms with van der Waals surface area (Å²) in [5.74, 6) is -0.624. The van der Waals surface area contributed by atoms with E-state index >= 15 is 0 Å². The Morgan fingerprint density at radius 2 is 1.43 bits per heavy atom. The van der Waals surface area contributed by atoms with Crippen molar-refractivity contribution in [2.75, 3.05) is 49.4 Å². The Bertz CT molecular complexity index is 1780. The number of nitriles is 1. The first kappa shape index (κ1) is 33.9. The van der Waals surface area contributed by atoms with Gasteiger partial charge in [-0.1, -0.05) is 19.7 Å². The molecule has 0 saturated carbocycles. The van der Waals surface area contributed by atoms with Gasteiger partial charge < -0.3 is 20.1 Å². The molecule has 0 aliphatic rings. The van der Waals surface area contributed by atoms with Gasteiger partial charge in [0.15, 0.2) is 25.5 Å². The lowest BCUT2D eigenvalue weighted by molar-refractivity contribution is 0.393. The van der Waals surface area contributed by atoms with Crippen molar-refractivity contribution in [3.8, 4) is 17.6 Å². The van der Waals surface area contributed by atoms with Crippen LogP contribution in [0, 0.1) is 18.3 Å². The molecule has 1 heterocycles. The predicted molar refractivity (Wildman–Crippen MR) is 160 cm³/mol. The molecule has 0 fully saturated rings. The fraction of sp³-hybridized carbons (Fsp3) is 0.280. The van der Waals surface area contributed by atoms with Crippen LogP contribution < -0.4 is 20.1 Å². The molecule has 0 radical (unpaired) electrons. The number of hydrogen-bond acceptors (Lipinski definition) is 14. The molecule has 2 aromatic rings. The van der Waals surface area contributed by atoms with Gasteiger partial charge in [0.05, 0.1) is 31.3 Å². The first-order valence-electron chi connectivity index (χ1n) is 11.9. The highest BCUT2D eigenvalue weighted by Gasteiger charge is 2.22. The number of nitrogens with zero attached hydrogens (tertiary/aromatic N) is 4. The van der Waals surface area contributed by atoms with Crippen molar-refractivity contribution in [2.24, 2.45) is 10.2 Å². The first-order valence-corrected chi connectivity index (χ1v) is 16.8. The number of aromatic nitrogens is 1. The average Bonchev–Trinajstić information content (AvgIpc) is 2.96. The number of pyridine rings is 1. The molecule has 0 bridgehead atoms. The molecule has 1 aromatic heterocycles. The van der Waals surface area contributed by atoms with E-state index in [4.69, 9.17) is 9.47 Å². The van der Waals surface area contributed by atoms with Crippen LogP contribution >= 0.6 is 0 Å². The highest BCUT2D eigenvalue weighted by molar-refractivity contribution is 7.94. The molecule has 1 aromatic carbocycles. The molecular weight excluding hydrogens is 609 g/mol. The second-order valence-corrected chi connectivity index (χ2v) is 14.3. The fourth-order valence-corrected chi connectivity index (χ4v) is 5.32. The molecule has 0 spiro atoms. The van der Waals surface area contributed by atoms with Crippen LogP contribution in [-0.2, 0) is 29.5 Å². The van der Waals surface area contributed by atoms with E-state index in [1.54, 1.807) is 6.92 Å². The number of ether oxygens (including phenoxy) is 2. The third-order valence-electron chi connectivity index (χ3n) is 5.64. The molecule has 0 aliphatic carbocycles. The van der Waals surface area contributed by atoms with Gasteiger partial charge in [-0.05, 0) is 6.92 Å². The van der Waals surface area contributed by atoms with E-state index in [9.17, 15) is 30.5 Å². The summed E-state index contributed by atoms with van der Waals surface area (Å²) < 4.78 is 82.8. The standard InChI is InChI=1S/C25H30N6O8S3/c1-7-40(32,33)12-10-27-24-18(16-26)17(4)23(25(29-24)28-11-13-41(34,35)8-2)31-30-19-14-21(39-6)22(15-20(19)38-5)42(36,37)9-3/h7-9,14-15H,1-3,10-13H2,4-6H3,(H2,27,28,29). The van der Waals surface area contributed by atoms with Gasteiger partial charge in [0.2, 0.25) is 9.84 Å². The minimum absolute atomic E-state index is 0.0272. The van der Waals surface area contributed by atoms with Crippen molar-refractivity contribution in [3.63, 3.8) is 0 Å². The number of anilines is 2. The Labute approximate surface area is 245 Å². The molecule has 0 atom stereocenters. The second kappa shape index (κ2) is 14.1. The van der Waals surface area contributed by atoms with Gasteiger partial charge in [-0.2, -0.15) is 5.26 Å². The summed E-state index contributed by atoms with van der Waals surface area (Å²) in [6, 6.07) is 4.48. The minimum Gasteiger partial charge on any atom is -0.495 e. The van der Waals surface area contributed by atoms with Gasteiger partial charge in [-0.3, -0.25) is 0 Å². The summed E-state index contributed by atoms with van der Waals surface area (Å²) in [5.41, 5.74) is 0.417. The van der Waals surface area contributed by atoms with Crippen LogP contribution in [0.4, 0.5) is 23.0 Å². The van der Waals surface area contributed by atoms with Gasteiger partial charge >= 0.3 is 0 Å². The molecule has 2 N–H and O–H groups in total. The zero-order chi connectivity index (χ0) is 31.7. The first-order chi connectivity index (χ1) is 19.7. The second-order valence-electron chi connectivity index (χ2n) is 8.28. The number of benzene rings is 1. The SMILES string of the molecule is C=CS(=O)(=O)CCNc1nc(NCCS(=O)(=O)C=C)c(N=Nc2cc(OC)c(S(=O)(=O)C=C)cc2OC)c(C)c1C#N. The molecule has 0 aliphatic heterocycles. The lowest BCUT2D eigenvalue weighted by Crippen LogP contribution is -2.17. The molecule has 226 valence electrons. The number of azo groups is 1. The normalized spacial score (nSPS) is 11.9. The molecule has 0 amide bonds. The summed E-state index contributed by atoms with van der Waals surface area (Å²) >= 11 is 0. The van der Waals surface area contributed by atoms with E-state index in [1.807, 2.05) is 6.07 Å². The quantitative estimate of drug-likeness (QED) is 0.253. The zero-order valence-electron chi connectivity index (χ0n) is 23.1. The van der Waals surface area contributed by atoms with Crippen LogP contribution in [0.15, 0.2) is 63.2 Å². The summed E-state index contributed by atoms with van der Waals surface area (Å²) in [6.45, 7) is 11.2. The molecular formula is C25H30N6O8S3. The lowest BCUT2D eigenvalue weighted by atomic mass is 10.1. The van der Waals surface area contributed by atoms with Crippen LogP contribution in [0.1, 0.15) is 11.1 Å². The maximum atomic E-state index is 12.4. The van der Waals surface area contributed by atoms with Crippen molar-refractivity contribution >= 4 is 52.5 Å². The maximum Gasteiger partial charge on any atom is 0.203 e. The fourth-order valence-electron chi connectivity index (χ4n) is 3.34. The third-order valence-corrected chi connectivity index (χ3v) is 9.57. The lowest BCUT2D eigenvalue weighted by Gasteiger charge is -2.16. The Morgan fingerprint density at radius 1 is 0.881 bits per heavy atom. The van der Waals surface area contributed by atoms with Gasteiger partial charge in [0.1, 0.15) is 39.7 Å². The van der Waals surface area contributed by atoms with Gasteiger partial charge in [-0.15, -0.1) is 10.2 Å². The Balaban J connectivity index is 2.67. The van der Waals surface area contributed by atoms with Gasteiger partial charge in [0.25, 0.3) is 0 Å². The number of methoxy groups -OCH3 is 2. The number of nitrogens with one attached hydrogen (secondary N) is 2. The minimum atomic E-state index is -3.90. The third kappa shape index (κ3) is 8.38. The molecule has 2 rings (SSSR count). The van der Waals surface area contributed by atoms with Crippen molar-refractivity contribution < 1.29 is 34.7 Å². The monoisotopic (exact) mass is 638 g/mol. The summed E-state index contributed by atoms with van der Waals surface area (Å²) in [5, 5.41) is 26.3. The van der Waals surface area contributed by atoms with Crippen LogP contribution in [0.2, 0.25) is 0 Å². The van der Waals surface area contributed by atoms with Crippen LogP contribution in [0.25, 0.3) is 0 Å². The van der Waals surface area contributed by atoms with E-state index in [1.165, 1.54) is 26.4 Å². The van der Waals surface area contributed by atoms with Crippen molar-refractivity contribution in [3.05, 3.63) is 59.2 Å². The summed E-state index contributed by atoms with van der Waals surface area (Å²) in [4.78, 5) is 4.15. The van der Waals surface area contributed by atoms with E-state index in [0.29, 0.717) is 0 Å². The van der Waals surface area contributed by atoms with Crippen molar-refractivity contribution in [1.82, 2.24) is 4.98 Å². The van der Waals surface area contributed by atoms with Crippen LogP contribution in [-0.4, -0.2) is 69.1 Å². The van der Waals surface area contributed by atoms with Crippen LogP contribution in [0.5, 0.6) is 11.5 Å². The Morgan fingerprint density at radius 3 is 1.90 bits per heavy atom. The molecule has 0 saturated heterocycles. The smallest absolute Gasteiger partial charge is 0.203 e. The topological polar surface area (TPSA) is 206 Å². The van der Waals surface area contributed by atoms with Gasteiger partial charge in [0, 0.05) is 47.0 Å². The highest BCUT2D eigenvalue weighted by Crippen LogP contribution is 2.40. The van der Waals surface area contributed by atoms with E-state index in [0.717, 1.165) is 16.2 Å². The average molecular weight is 639 g/mol. The largest absolute Gasteiger partial charge is 0.495 e. The number of sulfone groups is 3. The van der Waals surface area contributed by atoms with Crippen LogP contribution in [0.3, 0.4) is 0 Å². The Kier molecular flexibility index (Phi) is 11.4. The zero-order valence-corrected chi connectivity index (χ0v) is 25.6. The molecule has 0 unspecified atom stereocenters. The Hall–Kier alpha value is -4.27. The number of hydrogen-bond donors (Lipinski definition) is 2. The summed E-state index contributed by atoms with van der Waals surface area (Å²) in [6.07, 6.45) is 0. The maximum absolute atomic E-state index is 12.4. The van der Waals surface area contributed by atoms with Crippen molar-refractivity contribution in [2.45, 2.75) is 11.8 Å². The molecule has 17 heteroatoms. The summed E-state index contributed by atoms with van der Waals surface area (Å²) in [7, 11) is -8.45. The van der Waals surface area contributed by atoms with E-state index in [-0.39, 0.29) is 75.1 Å². The molecule has 42 heavy (non-hydrogen) atoms. The highest BCUT2D eigenvalue weighted by atomic mass is 32.2. The van der Waals surface area contributed by atoms with Gasteiger partial charge in [-0.25, -0.2) is 30.2 Å².